The van der Waals surface area contributed by atoms with Crippen LogP contribution in [0.2, 0.25) is 0 Å². The average molecular weight is 1240 g/mol. The molecule has 89 heavy (non-hydrogen) atoms. The maximum absolute atomic E-state index is 14.4. The van der Waals surface area contributed by atoms with E-state index in [0.717, 1.165) is 0 Å². The summed E-state index contributed by atoms with van der Waals surface area (Å²) in [6, 6.07) is 12.1. The van der Waals surface area contributed by atoms with Crippen molar-refractivity contribution >= 4 is 93.8 Å². The molecule has 0 aliphatic heterocycles. The summed E-state index contributed by atoms with van der Waals surface area (Å²) in [5.74, 6) is -6.32. The number of rotatable bonds is 34. The average Bonchev–Trinajstić information content (AvgIpc) is 3.15. The zero-order valence-electron chi connectivity index (χ0n) is 50.2. The largest absolute Gasteiger partial charge is 0.496 e. The molecular formula is C57H79N19O13. The number of benzene rings is 4. The van der Waals surface area contributed by atoms with Crippen molar-refractivity contribution in [3.8, 4) is 23.0 Å². The van der Waals surface area contributed by atoms with Crippen LogP contribution in [0.5, 0.6) is 23.0 Å². The zero-order chi connectivity index (χ0) is 65.7. The van der Waals surface area contributed by atoms with E-state index in [0.29, 0.717) is 0 Å². The molecule has 0 spiro atoms. The number of nitrogens with two attached hydrogens (primary N) is 7. The third-order valence-electron chi connectivity index (χ3n) is 12.8. The second kappa shape index (κ2) is 35.5. The molecule has 0 fully saturated rings. The molecule has 4 atom stereocenters. The molecule has 0 aromatic heterocycles. The van der Waals surface area contributed by atoms with Crippen molar-refractivity contribution in [3.05, 3.63) is 95.1 Å². The summed E-state index contributed by atoms with van der Waals surface area (Å²) in [7, 11) is 5.31. The molecule has 23 N–H and O–H groups in total. The Morgan fingerprint density at radius 2 is 0.708 bits per heavy atom. The molecule has 0 bridgehead atoms. The van der Waals surface area contributed by atoms with Gasteiger partial charge in [-0.15, -0.1) is 0 Å². The first-order valence-electron chi connectivity index (χ1n) is 27.7. The molecule has 9 amide bonds. The zero-order valence-corrected chi connectivity index (χ0v) is 50.2. The second-order valence-electron chi connectivity index (χ2n) is 19.5. The van der Waals surface area contributed by atoms with Gasteiger partial charge in [-0.05, 0) is 118 Å². The normalized spacial score (nSPS) is 11.9. The quantitative estimate of drug-likeness (QED) is 0.0155. The summed E-state index contributed by atoms with van der Waals surface area (Å²) in [6.07, 6.45) is 0.574. The highest BCUT2D eigenvalue weighted by Gasteiger charge is 2.29. The van der Waals surface area contributed by atoms with Gasteiger partial charge in [-0.3, -0.25) is 58.1 Å². The Morgan fingerprint density at radius 3 is 0.966 bits per heavy atom. The van der Waals surface area contributed by atoms with Crippen LogP contribution in [0.4, 0.5) is 22.7 Å². The Hall–Kier alpha value is -10.9. The number of ether oxygens (including phenoxy) is 4. The number of hydrogen-bond donors (Lipinski definition) is 16. The minimum absolute atomic E-state index is 0.00662. The molecule has 32 heteroatoms. The SMILES string of the molecule is COc1ccc(NC(=O)[C@@H](CCCN=C(N)N)NC(=O)c2cc(NC(=O)[C@@H](CCCN=C(N)N)NC(=O)c3cc(NC(=O)[C@@H](CCCN=C(N)N)NC(=O)c4cc(NC(=O)[C@@H](C)NC(C)=O)ccc4OC)ccc3OC)ccc2OC)cc1C(=O)NCCN. The molecule has 4 aromatic carbocycles. The van der Waals surface area contributed by atoms with E-state index in [2.05, 4.69) is 62.8 Å². The van der Waals surface area contributed by atoms with Crippen molar-refractivity contribution in [2.75, 3.05) is 82.4 Å². The summed E-state index contributed by atoms with van der Waals surface area (Å²) in [6.45, 7) is 3.34. The number of nitrogens with one attached hydrogen (secondary N) is 9. The summed E-state index contributed by atoms with van der Waals surface area (Å²) >= 11 is 0. The maximum atomic E-state index is 14.4. The van der Waals surface area contributed by atoms with Gasteiger partial charge in [-0.2, -0.15) is 0 Å². The Morgan fingerprint density at radius 1 is 0.427 bits per heavy atom. The molecule has 0 aliphatic rings. The van der Waals surface area contributed by atoms with Crippen molar-refractivity contribution in [1.29, 1.82) is 0 Å². The van der Waals surface area contributed by atoms with Crippen molar-refractivity contribution in [1.82, 2.24) is 26.6 Å². The van der Waals surface area contributed by atoms with E-state index in [1.54, 1.807) is 0 Å². The van der Waals surface area contributed by atoms with Gasteiger partial charge in [-0.25, -0.2) is 0 Å². The number of amides is 9. The third-order valence-corrected chi connectivity index (χ3v) is 12.8. The number of anilines is 4. The lowest BCUT2D eigenvalue weighted by Gasteiger charge is -2.21. The molecule has 32 nitrogen and oxygen atoms in total. The second-order valence-corrected chi connectivity index (χ2v) is 19.5. The number of carbonyl (C=O) groups is 9. The van der Waals surface area contributed by atoms with Crippen molar-refractivity contribution < 1.29 is 62.1 Å². The smallest absolute Gasteiger partial charge is 0.255 e. The van der Waals surface area contributed by atoms with E-state index in [9.17, 15) is 43.2 Å². The fourth-order valence-corrected chi connectivity index (χ4v) is 8.47. The highest BCUT2D eigenvalue weighted by Crippen LogP contribution is 2.28. The molecule has 0 radical (unpaired) electrons. The third kappa shape index (κ3) is 22.8. The number of carbonyl (C=O) groups excluding carboxylic acids is 9. The Labute approximate surface area is 513 Å². The van der Waals surface area contributed by atoms with Crippen LogP contribution in [0, 0.1) is 0 Å². The molecule has 0 saturated carbocycles. The summed E-state index contributed by atoms with van der Waals surface area (Å²) in [5, 5.41) is 24.1. The number of methoxy groups -OCH3 is 4. The monoisotopic (exact) mass is 1240 g/mol. The minimum atomic E-state index is -1.32. The highest BCUT2D eigenvalue weighted by molar-refractivity contribution is 6.08. The Balaban J connectivity index is 1.62. The lowest BCUT2D eigenvalue weighted by Crippen LogP contribution is -2.44. The van der Waals surface area contributed by atoms with E-state index in [1.807, 2.05) is 0 Å². The van der Waals surface area contributed by atoms with Crippen LogP contribution in [0.15, 0.2) is 87.8 Å². The number of hydrogen-bond acceptors (Lipinski definition) is 17. The number of guanidine groups is 3. The van der Waals surface area contributed by atoms with Gasteiger partial charge in [-0.1, -0.05) is 0 Å². The van der Waals surface area contributed by atoms with E-state index >= 15 is 0 Å². The van der Waals surface area contributed by atoms with E-state index in [-0.39, 0.29) is 157 Å². The first kappa shape index (κ1) is 70.6. The van der Waals surface area contributed by atoms with Crippen LogP contribution in [-0.4, -0.2) is 156 Å². The maximum Gasteiger partial charge on any atom is 0.255 e. The number of nitrogens with zero attached hydrogens (tertiary/aromatic N) is 3. The van der Waals surface area contributed by atoms with Crippen molar-refractivity contribution in [3.63, 3.8) is 0 Å². The Kier molecular flexibility index (Phi) is 28.2. The molecule has 0 unspecified atom stereocenters. The van der Waals surface area contributed by atoms with Gasteiger partial charge < -0.3 is 107 Å². The highest BCUT2D eigenvalue weighted by atomic mass is 16.5. The van der Waals surface area contributed by atoms with Gasteiger partial charge in [0.05, 0.1) is 50.7 Å². The fourth-order valence-electron chi connectivity index (χ4n) is 8.47. The summed E-state index contributed by atoms with van der Waals surface area (Å²) in [5.41, 5.74) is 39.1. The minimum Gasteiger partial charge on any atom is -0.496 e. The van der Waals surface area contributed by atoms with Crippen LogP contribution in [-0.2, 0) is 24.0 Å². The molecule has 0 saturated heterocycles. The summed E-state index contributed by atoms with van der Waals surface area (Å²) in [4.78, 5) is 134. The lowest BCUT2D eigenvalue weighted by molar-refractivity contribution is -0.124. The molecular weight excluding hydrogens is 1160 g/mol. The van der Waals surface area contributed by atoms with Gasteiger partial charge >= 0.3 is 0 Å². The first-order valence-corrected chi connectivity index (χ1v) is 27.7. The molecule has 4 rings (SSSR count). The van der Waals surface area contributed by atoms with Crippen molar-refractivity contribution in [2.45, 2.75) is 76.5 Å². The molecule has 480 valence electrons. The van der Waals surface area contributed by atoms with Crippen molar-refractivity contribution in [2.24, 2.45) is 55.1 Å². The van der Waals surface area contributed by atoms with Gasteiger partial charge in [0.1, 0.15) is 47.2 Å². The van der Waals surface area contributed by atoms with Gasteiger partial charge in [0.15, 0.2) is 17.9 Å². The first-order chi connectivity index (χ1) is 42.4. The van der Waals surface area contributed by atoms with Crippen LogP contribution in [0.1, 0.15) is 93.8 Å². The topological polar surface area (TPSA) is 518 Å². The van der Waals surface area contributed by atoms with E-state index in [4.69, 9.17) is 59.1 Å². The fraction of sp³-hybridized carbons (Fsp3) is 0.368. The van der Waals surface area contributed by atoms with E-state index in [1.165, 1.54) is 115 Å². The van der Waals surface area contributed by atoms with Crippen LogP contribution >= 0.6 is 0 Å². The van der Waals surface area contributed by atoms with Crippen LogP contribution < -0.4 is 107 Å². The molecule has 4 aromatic rings. The van der Waals surface area contributed by atoms with Gasteiger partial charge in [0, 0.05) is 62.4 Å². The predicted molar refractivity (Wildman–Crippen MR) is 335 cm³/mol. The van der Waals surface area contributed by atoms with E-state index < -0.39 is 77.3 Å². The summed E-state index contributed by atoms with van der Waals surface area (Å²) < 4.78 is 21.8. The van der Waals surface area contributed by atoms with Crippen LogP contribution in [0.25, 0.3) is 0 Å². The number of aliphatic imine (C=N–C) groups is 3. The predicted octanol–water partition coefficient (Wildman–Crippen LogP) is -0.755. The van der Waals surface area contributed by atoms with Gasteiger partial charge in [0.25, 0.3) is 23.6 Å². The van der Waals surface area contributed by atoms with Gasteiger partial charge in [0.2, 0.25) is 29.5 Å². The molecule has 0 heterocycles. The molecule has 0 aliphatic carbocycles. The standard InChI is InChI=1S/C57H79N19O13/c1-30(69-31(2)77)47(78)70-32-13-18-44(87-4)37(27-32)49(80)74-41(11-8-23-67-56(61)62)53(84)72-34-15-20-46(89-6)39(29-34)51(82)76-42(12-9-24-68-57(63)64)54(85)73-35-16-19-45(88-5)38(28-35)50(81)75-40(10-7-22-66-55(59)60)52(83)71-33-14-17-43(86-3)36(26-33)48(79)65-25-21-58/h13-20,26-30,40-42H,7-12,21-25,58H2,1-6H3,(H,65,79)(H,69,77)(H,70,78)(H,71,83)(H,72,84)(H,73,85)(H,74,80)(H,75,81)(H,76,82)(H4,59,60,66)(H4,61,62,67)(H4,63,64,68)/t30-,40-,41-,42-/m1/s1. The lowest BCUT2D eigenvalue weighted by atomic mass is 10.1. The van der Waals surface area contributed by atoms with Crippen LogP contribution in [0.3, 0.4) is 0 Å². The Bertz CT molecular complexity index is 3270.